The number of nitrogens with one attached hydrogen (secondary N) is 2. The zero-order valence-corrected chi connectivity index (χ0v) is 13.7. The van der Waals surface area contributed by atoms with E-state index < -0.39 is 21.3 Å². The summed E-state index contributed by atoms with van der Waals surface area (Å²) >= 11 is 1.66. The molecule has 0 heterocycles. The smallest absolute Gasteiger partial charge is 0.314 e. The standard InChI is InChI=1S/C13H21N3O3S2/c1-10(20-12-6-4-3-5-7-12)8-15-13(17)16-9-11(2)21(14,18)19/h3-7,10-11H,8-9H2,1-2H3,(H2,14,18,19)(H2,15,16,17)/t10-,11+/m1/s1. The van der Waals surface area contributed by atoms with E-state index in [4.69, 9.17) is 5.14 Å². The quantitative estimate of drug-likeness (QED) is 0.652. The summed E-state index contributed by atoms with van der Waals surface area (Å²) < 4.78 is 22.0. The summed E-state index contributed by atoms with van der Waals surface area (Å²) in [7, 11) is -3.62. The van der Waals surface area contributed by atoms with Crippen molar-refractivity contribution in [1.29, 1.82) is 0 Å². The third-order valence-electron chi connectivity index (χ3n) is 2.74. The number of urea groups is 1. The average Bonchev–Trinajstić information content (AvgIpc) is 2.42. The maximum absolute atomic E-state index is 11.6. The largest absolute Gasteiger partial charge is 0.337 e. The molecule has 2 atom stereocenters. The Bertz CT molecular complexity index is 549. The minimum absolute atomic E-state index is 0.00905. The number of nitrogens with two attached hydrogens (primary N) is 1. The molecule has 0 fully saturated rings. The lowest BCUT2D eigenvalue weighted by Crippen LogP contribution is -2.43. The maximum atomic E-state index is 11.6. The molecular formula is C13H21N3O3S2. The van der Waals surface area contributed by atoms with Crippen LogP contribution >= 0.6 is 11.8 Å². The summed E-state index contributed by atoms with van der Waals surface area (Å²) in [5, 5.41) is 9.56. The molecule has 0 bridgehead atoms. The Labute approximate surface area is 129 Å². The van der Waals surface area contributed by atoms with Crippen LogP contribution in [0, 0.1) is 0 Å². The Morgan fingerprint density at radius 1 is 1.19 bits per heavy atom. The van der Waals surface area contributed by atoms with Crippen molar-refractivity contribution >= 4 is 27.8 Å². The molecule has 0 unspecified atom stereocenters. The number of thioether (sulfide) groups is 1. The van der Waals surface area contributed by atoms with Gasteiger partial charge in [0.05, 0.1) is 5.25 Å². The third-order valence-corrected chi connectivity index (χ3v) is 5.14. The van der Waals surface area contributed by atoms with Crippen LogP contribution in [0.4, 0.5) is 4.79 Å². The number of hydrogen-bond donors (Lipinski definition) is 3. The van der Waals surface area contributed by atoms with Crippen LogP contribution in [0.15, 0.2) is 35.2 Å². The van der Waals surface area contributed by atoms with Gasteiger partial charge in [0.25, 0.3) is 0 Å². The van der Waals surface area contributed by atoms with Gasteiger partial charge in [-0.25, -0.2) is 18.4 Å². The van der Waals surface area contributed by atoms with Gasteiger partial charge in [0.1, 0.15) is 0 Å². The zero-order chi connectivity index (χ0) is 15.9. The molecule has 1 aromatic carbocycles. The van der Waals surface area contributed by atoms with E-state index in [1.807, 2.05) is 37.3 Å². The fourth-order valence-corrected chi connectivity index (χ4v) is 2.69. The molecule has 0 saturated carbocycles. The lowest BCUT2D eigenvalue weighted by Gasteiger charge is -2.14. The van der Waals surface area contributed by atoms with Gasteiger partial charge in [0, 0.05) is 23.2 Å². The van der Waals surface area contributed by atoms with E-state index in [2.05, 4.69) is 10.6 Å². The maximum Gasteiger partial charge on any atom is 0.314 e. The Morgan fingerprint density at radius 3 is 2.33 bits per heavy atom. The summed E-state index contributed by atoms with van der Waals surface area (Å²) in [6.07, 6.45) is 0. The first kappa shape index (κ1) is 17.8. The minimum atomic E-state index is -3.62. The predicted octanol–water partition coefficient (Wildman–Crippen LogP) is 1.14. The van der Waals surface area contributed by atoms with Crippen molar-refractivity contribution in [3.8, 4) is 0 Å². The first-order valence-electron chi connectivity index (χ1n) is 6.54. The van der Waals surface area contributed by atoms with E-state index in [0.29, 0.717) is 6.54 Å². The fourth-order valence-electron chi connectivity index (χ4n) is 1.42. The van der Waals surface area contributed by atoms with Crippen molar-refractivity contribution in [2.45, 2.75) is 29.2 Å². The van der Waals surface area contributed by atoms with E-state index in [1.54, 1.807) is 11.8 Å². The van der Waals surface area contributed by atoms with Crippen molar-refractivity contribution in [1.82, 2.24) is 10.6 Å². The topological polar surface area (TPSA) is 101 Å². The second-order valence-corrected chi connectivity index (χ2v) is 8.23. The highest BCUT2D eigenvalue weighted by Crippen LogP contribution is 2.21. The zero-order valence-electron chi connectivity index (χ0n) is 12.1. The number of carbonyl (C=O) groups excluding carboxylic acids is 1. The summed E-state index contributed by atoms with van der Waals surface area (Å²) in [4.78, 5) is 12.7. The van der Waals surface area contributed by atoms with E-state index >= 15 is 0 Å². The van der Waals surface area contributed by atoms with Crippen LogP contribution in [0.1, 0.15) is 13.8 Å². The molecule has 0 spiro atoms. The average molecular weight is 331 g/mol. The Balaban J connectivity index is 2.27. The molecule has 118 valence electrons. The van der Waals surface area contributed by atoms with Crippen LogP contribution in [0.5, 0.6) is 0 Å². The molecular weight excluding hydrogens is 310 g/mol. The number of sulfonamides is 1. The molecule has 8 heteroatoms. The van der Waals surface area contributed by atoms with Crippen LogP contribution in [0.2, 0.25) is 0 Å². The van der Waals surface area contributed by atoms with Gasteiger partial charge in [-0.1, -0.05) is 25.1 Å². The number of amides is 2. The van der Waals surface area contributed by atoms with Gasteiger partial charge in [0.2, 0.25) is 10.0 Å². The normalized spacial score (nSPS) is 14.2. The molecule has 0 aromatic heterocycles. The molecule has 0 aliphatic carbocycles. The number of primary sulfonamides is 1. The Kier molecular flexibility index (Phi) is 7.00. The Hall–Kier alpha value is -1.25. The van der Waals surface area contributed by atoms with Gasteiger partial charge < -0.3 is 10.6 Å². The van der Waals surface area contributed by atoms with Crippen LogP contribution in [-0.2, 0) is 10.0 Å². The van der Waals surface area contributed by atoms with Gasteiger partial charge in [-0.2, -0.15) is 0 Å². The molecule has 0 saturated heterocycles. The van der Waals surface area contributed by atoms with Crippen molar-refractivity contribution in [3.05, 3.63) is 30.3 Å². The molecule has 1 rings (SSSR count). The number of hydrogen-bond acceptors (Lipinski definition) is 4. The van der Waals surface area contributed by atoms with E-state index in [-0.39, 0.29) is 11.8 Å². The molecule has 2 amide bonds. The van der Waals surface area contributed by atoms with Crippen LogP contribution < -0.4 is 15.8 Å². The van der Waals surface area contributed by atoms with Gasteiger partial charge in [0.15, 0.2) is 0 Å². The summed E-state index contributed by atoms with van der Waals surface area (Å²) in [5.74, 6) is 0. The minimum Gasteiger partial charge on any atom is -0.337 e. The SMILES string of the molecule is C[C@H](CNC(=O)NC[C@H](C)S(N)(=O)=O)Sc1ccccc1. The van der Waals surface area contributed by atoms with E-state index in [1.165, 1.54) is 6.92 Å². The van der Waals surface area contributed by atoms with Gasteiger partial charge in [-0.15, -0.1) is 11.8 Å². The van der Waals surface area contributed by atoms with Crippen LogP contribution in [-0.4, -0.2) is 38.0 Å². The predicted molar refractivity (Wildman–Crippen MR) is 85.7 cm³/mol. The lowest BCUT2D eigenvalue weighted by molar-refractivity contribution is 0.241. The molecule has 21 heavy (non-hydrogen) atoms. The molecule has 0 aliphatic rings. The van der Waals surface area contributed by atoms with Crippen molar-refractivity contribution < 1.29 is 13.2 Å². The Morgan fingerprint density at radius 2 is 1.76 bits per heavy atom. The monoisotopic (exact) mass is 331 g/mol. The third kappa shape index (κ3) is 7.35. The summed E-state index contributed by atoms with van der Waals surface area (Å²) in [6.45, 7) is 3.93. The van der Waals surface area contributed by atoms with Crippen LogP contribution in [0.3, 0.4) is 0 Å². The summed E-state index contributed by atoms with van der Waals surface area (Å²) in [5.41, 5.74) is 0. The second-order valence-electron chi connectivity index (χ2n) is 4.73. The van der Waals surface area contributed by atoms with Crippen molar-refractivity contribution in [2.24, 2.45) is 5.14 Å². The molecule has 4 N–H and O–H groups in total. The summed E-state index contributed by atoms with van der Waals surface area (Å²) in [6, 6.07) is 9.50. The van der Waals surface area contributed by atoms with Gasteiger partial charge >= 0.3 is 6.03 Å². The molecule has 6 nitrogen and oxygen atoms in total. The van der Waals surface area contributed by atoms with E-state index in [0.717, 1.165) is 4.90 Å². The van der Waals surface area contributed by atoms with Crippen molar-refractivity contribution in [3.63, 3.8) is 0 Å². The van der Waals surface area contributed by atoms with Gasteiger partial charge in [-0.3, -0.25) is 0 Å². The number of carbonyl (C=O) groups is 1. The number of rotatable bonds is 7. The molecule has 1 aromatic rings. The highest BCUT2D eigenvalue weighted by Gasteiger charge is 2.16. The van der Waals surface area contributed by atoms with E-state index in [9.17, 15) is 13.2 Å². The van der Waals surface area contributed by atoms with Gasteiger partial charge in [-0.05, 0) is 19.1 Å². The molecule has 0 radical (unpaired) electrons. The highest BCUT2D eigenvalue weighted by atomic mass is 32.2. The first-order chi connectivity index (χ1) is 9.79. The second kappa shape index (κ2) is 8.26. The molecule has 0 aliphatic heterocycles. The fraction of sp³-hybridized carbons (Fsp3) is 0.462. The lowest BCUT2D eigenvalue weighted by atomic mass is 10.4. The van der Waals surface area contributed by atoms with Crippen LogP contribution in [0.25, 0.3) is 0 Å². The highest BCUT2D eigenvalue weighted by molar-refractivity contribution is 8.00. The number of benzene rings is 1. The first-order valence-corrected chi connectivity index (χ1v) is 9.03. The van der Waals surface area contributed by atoms with Crippen molar-refractivity contribution in [2.75, 3.05) is 13.1 Å².